The van der Waals surface area contributed by atoms with E-state index in [4.69, 9.17) is 4.52 Å². The summed E-state index contributed by atoms with van der Waals surface area (Å²) in [5.41, 5.74) is 3.20. The first-order valence-electron chi connectivity index (χ1n) is 7.37. The highest BCUT2D eigenvalue weighted by molar-refractivity contribution is 5.83. The van der Waals surface area contributed by atoms with Crippen molar-refractivity contribution in [2.75, 3.05) is 0 Å². The van der Waals surface area contributed by atoms with Gasteiger partial charge in [-0.1, -0.05) is 78.0 Å². The van der Waals surface area contributed by atoms with Gasteiger partial charge in [0.2, 0.25) is 0 Å². The number of nitrogens with zero attached hydrogens (tertiary/aromatic N) is 1. The van der Waals surface area contributed by atoms with Gasteiger partial charge in [-0.25, -0.2) is 0 Å². The van der Waals surface area contributed by atoms with Crippen molar-refractivity contribution >= 4 is 10.8 Å². The molecular formula is C20H15NO. The normalized spacial score (nSPS) is 10.9. The highest BCUT2D eigenvalue weighted by Crippen LogP contribution is 2.22. The highest BCUT2D eigenvalue weighted by atomic mass is 16.5. The number of rotatable bonds is 3. The van der Waals surface area contributed by atoms with Crippen molar-refractivity contribution in [2.24, 2.45) is 0 Å². The second-order valence-corrected chi connectivity index (χ2v) is 5.40. The fraction of sp³-hybridized carbons (Fsp3) is 0.0500. The number of hydrogen-bond acceptors (Lipinski definition) is 2. The molecule has 0 saturated carbocycles. The average molecular weight is 285 g/mol. The number of hydrogen-bond donors (Lipinski definition) is 0. The standard InChI is InChI=1S/C20H15NO/c1-2-7-17(8-3-1)20-14-19(22-21-20)13-15-10-11-16-6-4-5-9-18(16)12-15/h1-12,14H,13H2. The lowest BCUT2D eigenvalue weighted by Gasteiger charge is -2.01. The third kappa shape index (κ3) is 2.51. The molecule has 4 aromatic rings. The van der Waals surface area contributed by atoms with E-state index in [-0.39, 0.29) is 0 Å². The highest BCUT2D eigenvalue weighted by Gasteiger charge is 2.07. The van der Waals surface area contributed by atoms with Crippen LogP contribution in [0.4, 0.5) is 0 Å². The van der Waals surface area contributed by atoms with Gasteiger partial charge in [0.25, 0.3) is 0 Å². The minimum atomic E-state index is 0.755. The van der Waals surface area contributed by atoms with E-state index >= 15 is 0 Å². The molecule has 0 aliphatic rings. The van der Waals surface area contributed by atoms with Crippen LogP contribution in [0.5, 0.6) is 0 Å². The third-order valence-electron chi connectivity index (χ3n) is 3.82. The lowest BCUT2D eigenvalue weighted by Crippen LogP contribution is -1.85. The van der Waals surface area contributed by atoms with Crippen LogP contribution in [-0.4, -0.2) is 5.16 Å². The Morgan fingerprint density at radius 2 is 1.50 bits per heavy atom. The summed E-state index contributed by atoms with van der Waals surface area (Å²) in [6, 6.07) is 27.0. The molecule has 1 heterocycles. The summed E-state index contributed by atoms with van der Waals surface area (Å²) < 4.78 is 5.49. The number of benzene rings is 3. The zero-order valence-corrected chi connectivity index (χ0v) is 12.1. The van der Waals surface area contributed by atoms with Crippen LogP contribution in [0.25, 0.3) is 22.0 Å². The van der Waals surface area contributed by atoms with E-state index in [2.05, 4.69) is 47.6 Å². The van der Waals surface area contributed by atoms with Crippen LogP contribution in [0.3, 0.4) is 0 Å². The summed E-state index contributed by atoms with van der Waals surface area (Å²) in [6.07, 6.45) is 0.755. The molecule has 0 aliphatic heterocycles. The van der Waals surface area contributed by atoms with Gasteiger partial charge in [0.05, 0.1) is 0 Å². The molecule has 4 rings (SSSR count). The molecule has 2 nitrogen and oxygen atoms in total. The van der Waals surface area contributed by atoms with E-state index in [0.29, 0.717) is 0 Å². The number of fused-ring (bicyclic) bond motifs is 1. The third-order valence-corrected chi connectivity index (χ3v) is 3.82. The molecule has 106 valence electrons. The van der Waals surface area contributed by atoms with Crippen LogP contribution in [-0.2, 0) is 6.42 Å². The lowest BCUT2D eigenvalue weighted by molar-refractivity contribution is 0.391. The Bertz CT molecular complexity index is 909. The predicted octanol–water partition coefficient (Wildman–Crippen LogP) is 5.09. The Labute approximate surface area is 129 Å². The van der Waals surface area contributed by atoms with Gasteiger partial charge in [-0.3, -0.25) is 0 Å². The number of aromatic nitrogens is 1. The zero-order chi connectivity index (χ0) is 14.8. The summed E-state index contributed by atoms with van der Waals surface area (Å²) >= 11 is 0. The molecule has 0 aliphatic carbocycles. The summed E-state index contributed by atoms with van der Waals surface area (Å²) in [4.78, 5) is 0. The molecule has 0 amide bonds. The molecule has 1 aromatic heterocycles. The molecule has 3 aromatic carbocycles. The molecule has 0 saturated heterocycles. The van der Waals surface area contributed by atoms with Gasteiger partial charge in [0, 0.05) is 18.1 Å². The van der Waals surface area contributed by atoms with Gasteiger partial charge in [-0.2, -0.15) is 0 Å². The molecule has 2 heteroatoms. The Balaban J connectivity index is 1.61. The van der Waals surface area contributed by atoms with Crippen molar-refractivity contribution in [3.63, 3.8) is 0 Å². The van der Waals surface area contributed by atoms with E-state index in [1.165, 1.54) is 16.3 Å². The van der Waals surface area contributed by atoms with Crippen molar-refractivity contribution < 1.29 is 4.52 Å². The van der Waals surface area contributed by atoms with Crippen molar-refractivity contribution in [2.45, 2.75) is 6.42 Å². The Hall–Kier alpha value is -2.87. The van der Waals surface area contributed by atoms with Crippen LogP contribution in [0.2, 0.25) is 0 Å². The van der Waals surface area contributed by atoms with Crippen molar-refractivity contribution in [3.8, 4) is 11.3 Å². The monoisotopic (exact) mass is 285 g/mol. The van der Waals surface area contributed by atoms with Crippen molar-refractivity contribution in [1.29, 1.82) is 0 Å². The second kappa shape index (κ2) is 5.49. The molecular weight excluding hydrogens is 270 g/mol. The molecule has 0 atom stereocenters. The Morgan fingerprint density at radius 1 is 0.727 bits per heavy atom. The largest absolute Gasteiger partial charge is 0.360 e. The molecule has 0 N–H and O–H groups in total. The summed E-state index contributed by atoms with van der Waals surface area (Å²) in [7, 11) is 0. The maximum Gasteiger partial charge on any atom is 0.141 e. The summed E-state index contributed by atoms with van der Waals surface area (Å²) in [6.45, 7) is 0. The van der Waals surface area contributed by atoms with Gasteiger partial charge >= 0.3 is 0 Å². The zero-order valence-electron chi connectivity index (χ0n) is 12.1. The molecule has 0 spiro atoms. The maximum atomic E-state index is 5.49. The Morgan fingerprint density at radius 3 is 2.36 bits per heavy atom. The first-order valence-corrected chi connectivity index (χ1v) is 7.37. The van der Waals surface area contributed by atoms with Gasteiger partial charge in [0.15, 0.2) is 0 Å². The van der Waals surface area contributed by atoms with E-state index in [9.17, 15) is 0 Å². The first kappa shape index (κ1) is 12.8. The fourth-order valence-electron chi connectivity index (χ4n) is 2.69. The van der Waals surface area contributed by atoms with E-state index in [1.807, 2.05) is 36.4 Å². The molecule has 0 bridgehead atoms. The predicted molar refractivity (Wildman–Crippen MR) is 88.7 cm³/mol. The average Bonchev–Trinajstić information content (AvgIpc) is 3.04. The minimum absolute atomic E-state index is 0.755. The second-order valence-electron chi connectivity index (χ2n) is 5.40. The van der Waals surface area contributed by atoms with E-state index in [0.717, 1.165) is 23.4 Å². The quantitative estimate of drug-likeness (QED) is 0.524. The van der Waals surface area contributed by atoms with Crippen LogP contribution >= 0.6 is 0 Å². The SMILES string of the molecule is c1ccc(-c2cc(Cc3ccc4ccccc4c3)on2)cc1. The van der Waals surface area contributed by atoms with Crippen LogP contribution in [0.1, 0.15) is 11.3 Å². The van der Waals surface area contributed by atoms with Crippen LogP contribution < -0.4 is 0 Å². The van der Waals surface area contributed by atoms with Crippen LogP contribution in [0, 0.1) is 0 Å². The van der Waals surface area contributed by atoms with Gasteiger partial charge < -0.3 is 4.52 Å². The summed E-state index contributed by atoms with van der Waals surface area (Å²) in [5.74, 6) is 0.883. The smallest absolute Gasteiger partial charge is 0.141 e. The minimum Gasteiger partial charge on any atom is -0.360 e. The summed E-state index contributed by atoms with van der Waals surface area (Å²) in [5, 5.41) is 6.68. The van der Waals surface area contributed by atoms with E-state index < -0.39 is 0 Å². The Kier molecular flexibility index (Phi) is 3.20. The van der Waals surface area contributed by atoms with Gasteiger partial charge in [-0.15, -0.1) is 0 Å². The maximum absolute atomic E-state index is 5.49. The first-order chi connectivity index (χ1) is 10.9. The molecule has 0 fully saturated rings. The molecule has 0 radical (unpaired) electrons. The van der Waals surface area contributed by atoms with Gasteiger partial charge in [0.1, 0.15) is 11.5 Å². The molecule has 0 unspecified atom stereocenters. The lowest BCUT2D eigenvalue weighted by atomic mass is 10.0. The van der Waals surface area contributed by atoms with E-state index in [1.54, 1.807) is 0 Å². The topological polar surface area (TPSA) is 26.0 Å². The van der Waals surface area contributed by atoms with Crippen LogP contribution in [0.15, 0.2) is 83.4 Å². The fourth-order valence-corrected chi connectivity index (χ4v) is 2.69. The van der Waals surface area contributed by atoms with Crippen molar-refractivity contribution in [3.05, 3.63) is 90.2 Å². The van der Waals surface area contributed by atoms with Gasteiger partial charge in [-0.05, 0) is 16.3 Å². The molecule has 22 heavy (non-hydrogen) atoms. The van der Waals surface area contributed by atoms with Crippen molar-refractivity contribution in [1.82, 2.24) is 5.16 Å².